The number of piperidine rings is 1. The summed E-state index contributed by atoms with van der Waals surface area (Å²) < 4.78 is 40.6. The molecule has 0 bridgehead atoms. The Morgan fingerprint density at radius 2 is 1.20 bits per heavy atom. The van der Waals surface area contributed by atoms with Gasteiger partial charge in [-0.3, -0.25) is 57.5 Å². The van der Waals surface area contributed by atoms with Gasteiger partial charge in [-0.1, -0.05) is 109 Å². The third kappa shape index (κ3) is 19.4. The Bertz CT molecular complexity index is 3050. The zero-order valence-corrected chi connectivity index (χ0v) is 59.3. The van der Waals surface area contributed by atoms with Crippen LogP contribution < -0.4 is 16.0 Å². The standard InChI is InChI=1S/C71H107F3N12O12/c1-11-46(2)60-67(96)80(6)44-58(89)78(4)45-59(90)82(8)54(41-49-25-15-12-16-26-49)65(94)79(5)43-56(87)75-52(30-23-27-48-32-34-51(35-33-48)71(72,73)74)64(93)86-40-24-31-53(86)63(92)77-70(36-19-20-37-70)69(98)84(10)61(50-28-17-13-18-29-50)68(97)83(9)55(66(95)85-38-21-14-22-39-85)42-57(88)81(7)47(3)62(91)76-60/h23,27,32-35,46-47,49-50,52-55,60-61H,11-22,24-26,28-31,36-45H2,1-10H3,(H,75,87)(H,76,91)(H,77,92)/b27-23+/t46-,47-,52-,53-,54+,55-,60-,61-/m0/s1. The van der Waals surface area contributed by atoms with Gasteiger partial charge in [-0.2, -0.15) is 13.2 Å². The maximum absolute atomic E-state index is 15.7. The summed E-state index contributed by atoms with van der Waals surface area (Å²) in [6.45, 7) is 4.25. The van der Waals surface area contributed by atoms with E-state index in [0.717, 1.165) is 89.5 Å². The summed E-state index contributed by atoms with van der Waals surface area (Å²) >= 11 is 0. The fourth-order valence-electron chi connectivity index (χ4n) is 15.0. The summed E-state index contributed by atoms with van der Waals surface area (Å²) in [5, 5.41) is 8.67. The van der Waals surface area contributed by atoms with Gasteiger partial charge >= 0.3 is 6.18 Å². The normalized spacial score (nSPS) is 27.3. The van der Waals surface area contributed by atoms with Gasteiger partial charge in [0.05, 0.1) is 31.6 Å². The number of hydrogen-bond donors (Lipinski definition) is 3. The van der Waals surface area contributed by atoms with Gasteiger partial charge in [0.2, 0.25) is 70.9 Å². The number of carbonyl (C=O) groups is 12. The molecule has 3 saturated heterocycles. The molecule has 3 N–H and O–H groups in total. The van der Waals surface area contributed by atoms with E-state index in [1.54, 1.807) is 11.8 Å². The molecule has 0 aromatic heterocycles. The predicted molar refractivity (Wildman–Crippen MR) is 360 cm³/mol. The van der Waals surface area contributed by atoms with Crippen molar-refractivity contribution in [2.45, 2.75) is 222 Å². The van der Waals surface area contributed by atoms with Crippen LogP contribution >= 0.6 is 0 Å². The van der Waals surface area contributed by atoms with Gasteiger partial charge in [0.15, 0.2) is 0 Å². The lowest BCUT2D eigenvalue weighted by Gasteiger charge is -2.43. The number of nitrogens with one attached hydrogen (secondary N) is 3. The monoisotopic (exact) mass is 1380 g/mol. The maximum atomic E-state index is 15.7. The summed E-state index contributed by atoms with van der Waals surface area (Å²) in [5.74, 6) is -8.43. The highest BCUT2D eigenvalue weighted by molar-refractivity contribution is 6.01. The third-order valence-corrected chi connectivity index (χ3v) is 21.7. The van der Waals surface area contributed by atoms with Crippen molar-refractivity contribution in [2.75, 3.05) is 88.6 Å². The van der Waals surface area contributed by atoms with Crippen LogP contribution in [0.25, 0.3) is 6.08 Å². The highest BCUT2D eigenvalue weighted by atomic mass is 19.4. The maximum Gasteiger partial charge on any atom is 0.416 e. The summed E-state index contributed by atoms with van der Waals surface area (Å²) in [5.41, 5.74) is -2.06. The van der Waals surface area contributed by atoms with E-state index in [9.17, 15) is 51.5 Å². The number of fused-ring (bicyclic) bond motifs is 1. The fraction of sp³-hybridized carbons (Fsp3) is 0.718. The van der Waals surface area contributed by atoms with Crippen LogP contribution in [-0.4, -0.2) is 251 Å². The van der Waals surface area contributed by atoms with Crippen molar-refractivity contribution >= 4 is 77.0 Å². The molecule has 12 amide bonds. The van der Waals surface area contributed by atoms with E-state index in [0.29, 0.717) is 70.0 Å². The number of halogens is 3. The smallest absolute Gasteiger partial charge is 0.342 e. The van der Waals surface area contributed by atoms with Gasteiger partial charge in [0, 0.05) is 69.0 Å². The Balaban J connectivity index is 1.26. The Labute approximate surface area is 575 Å². The number of likely N-dealkylation sites (N-methyl/N-ethyl adjacent to an activating group) is 7. The number of carbonyl (C=O) groups excluding carboxylic acids is 12. The molecule has 98 heavy (non-hydrogen) atoms. The SMILES string of the molecule is CC[C@H](C)[C@@H]1NC(=O)[C@H](C)N(C)C(=O)C[C@@H](C(=O)N2CCCCC2)N(C)C(=O)[C@H](C2CCCCC2)N(C)C(=O)C2(CCCC2)NC(=O)[C@@H]2CCCN2C(=O)[C@H](C/C=C/c2ccc(C(F)(F)F)cc2)NC(=O)CN(C)C(=O)[C@@H](CC2CCCCC2)N(C)C(=O)CN(C)C(=O)CN(C)C1=O. The number of likely N-dealkylation sites (tertiary alicyclic amines) is 1. The molecule has 0 unspecified atom stereocenters. The Hall–Kier alpha value is -7.61. The molecule has 0 radical (unpaired) electrons. The van der Waals surface area contributed by atoms with Crippen molar-refractivity contribution in [2.24, 2.45) is 17.8 Å². The quantitative estimate of drug-likeness (QED) is 0.288. The molecule has 1 aromatic carbocycles. The molecular formula is C71H107F3N12O12. The van der Waals surface area contributed by atoms with Gasteiger partial charge in [-0.05, 0) is 113 Å². The zero-order chi connectivity index (χ0) is 71.9. The van der Waals surface area contributed by atoms with Gasteiger partial charge in [-0.15, -0.1) is 0 Å². The van der Waals surface area contributed by atoms with Crippen molar-refractivity contribution in [1.82, 2.24) is 60.0 Å². The lowest BCUT2D eigenvalue weighted by molar-refractivity contribution is -0.157. The van der Waals surface area contributed by atoms with Crippen LogP contribution in [0.1, 0.15) is 180 Å². The van der Waals surface area contributed by atoms with Crippen LogP contribution in [0.15, 0.2) is 30.3 Å². The molecule has 27 heteroatoms. The molecule has 6 fully saturated rings. The van der Waals surface area contributed by atoms with E-state index in [1.165, 1.54) is 100 Å². The van der Waals surface area contributed by atoms with Crippen LogP contribution in [0.4, 0.5) is 13.2 Å². The van der Waals surface area contributed by atoms with Gasteiger partial charge < -0.3 is 60.0 Å². The first-order valence-corrected chi connectivity index (χ1v) is 35.5. The number of nitrogens with zero attached hydrogens (tertiary/aromatic N) is 9. The van der Waals surface area contributed by atoms with Crippen molar-refractivity contribution in [3.63, 3.8) is 0 Å². The molecule has 544 valence electrons. The molecule has 3 aliphatic heterocycles. The molecule has 7 rings (SSSR count). The fourth-order valence-corrected chi connectivity index (χ4v) is 15.0. The number of rotatable bonds is 9. The zero-order valence-electron chi connectivity index (χ0n) is 59.3. The minimum absolute atomic E-state index is 0.0338. The van der Waals surface area contributed by atoms with Crippen molar-refractivity contribution < 1.29 is 70.7 Å². The first kappa shape index (κ1) is 77.7. The molecular weight excluding hydrogens is 1270 g/mol. The highest BCUT2D eigenvalue weighted by Gasteiger charge is 2.51. The third-order valence-electron chi connectivity index (χ3n) is 21.7. The van der Waals surface area contributed by atoms with Gasteiger partial charge in [0.1, 0.15) is 47.8 Å². The van der Waals surface area contributed by atoms with Gasteiger partial charge in [-0.25, -0.2) is 0 Å². The highest BCUT2D eigenvalue weighted by Crippen LogP contribution is 2.37. The minimum Gasteiger partial charge on any atom is -0.342 e. The van der Waals surface area contributed by atoms with Crippen molar-refractivity contribution in [3.8, 4) is 0 Å². The summed E-state index contributed by atoms with van der Waals surface area (Å²) in [7, 11) is 9.97. The number of hydrogen-bond acceptors (Lipinski definition) is 12. The van der Waals surface area contributed by atoms with Crippen LogP contribution in [0.3, 0.4) is 0 Å². The van der Waals surface area contributed by atoms with Crippen molar-refractivity contribution in [1.29, 1.82) is 0 Å². The second-order valence-electron chi connectivity index (χ2n) is 28.6. The van der Waals surface area contributed by atoms with E-state index in [4.69, 9.17) is 0 Å². The van der Waals surface area contributed by atoms with E-state index in [-0.39, 0.29) is 50.5 Å². The number of amides is 12. The largest absolute Gasteiger partial charge is 0.416 e. The van der Waals surface area contributed by atoms with Gasteiger partial charge in [0.25, 0.3) is 0 Å². The Kier molecular flexibility index (Phi) is 27.7. The van der Waals surface area contributed by atoms with Crippen LogP contribution in [0.5, 0.6) is 0 Å². The van der Waals surface area contributed by atoms with E-state index >= 15 is 19.2 Å². The molecule has 3 heterocycles. The summed E-state index contributed by atoms with van der Waals surface area (Å²) in [6, 6.07) is -4.26. The molecule has 24 nitrogen and oxygen atoms in total. The van der Waals surface area contributed by atoms with E-state index in [1.807, 2.05) is 6.92 Å². The number of benzene rings is 1. The summed E-state index contributed by atoms with van der Waals surface area (Å²) in [4.78, 5) is 189. The van der Waals surface area contributed by atoms with Crippen LogP contribution in [0.2, 0.25) is 0 Å². The van der Waals surface area contributed by atoms with Crippen molar-refractivity contribution in [3.05, 3.63) is 41.5 Å². The Morgan fingerprint density at radius 1 is 0.612 bits per heavy atom. The lowest BCUT2D eigenvalue weighted by atomic mass is 9.81. The predicted octanol–water partition coefficient (Wildman–Crippen LogP) is 5.21. The molecule has 3 saturated carbocycles. The number of alkyl halides is 3. The first-order chi connectivity index (χ1) is 46.4. The molecule has 8 atom stereocenters. The average molecular weight is 1380 g/mol. The molecule has 1 aromatic rings. The molecule has 3 aliphatic carbocycles. The second kappa shape index (κ2) is 34.9. The molecule has 1 spiro atoms. The molecule has 6 aliphatic rings. The first-order valence-electron chi connectivity index (χ1n) is 35.5. The second-order valence-corrected chi connectivity index (χ2v) is 28.6. The minimum atomic E-state index is -4.59. The summed E-state index contributed by atoms with van der Waals surface area (Å²) in [6.07, 6.45) is 10.4. The lowest BCUT2D eigenvalue weighted by Crippen LogP contribution is -2.65. The van der Waals surface area contributed by atoms with Crippen LogP contribution in [-0.2, 0) is 63.7 Å². The van der Waals surface area contributed by atoms with E-state index in [2.05, 4.69) is 16.0 Å². The topological polar surface area (TPSA) is 270 Å². The average Bonchev–Trinajstić information content (AvgIpc) is 1.39. The van der Waals surface area contributed by atoms with Crippen LogP contribution in [0, 0.1) is 17.8 Å². The Morgan fingerprint density at radius 3 is 1.82 bits per heavy atom. The van der Waals surface area contributed by atoms with E-state index < -0.39 is 162 Å².